The van der Waals surface area contributed by atoms with Crippen molar-refractivity contribution >= 4 is 6.29 Å². The molecule has 1 atom stereocenters. The maximum absolute atomic E-state index is 12.6. The number of carbonyl (C=O) groups excluding carboxylic acids is 1. The molecule has 0 radical (unpaired) electrons. The van der Waals surface area contributed by atoms with Crippen molar-refractivity contribution in [2.75, 3.05) is 0 Å². The fraction of sp³-hybridized carbons (Fsp3) is 0.471. The van der Waals surface area contributed by atoms with Crippen molar-refractivity contribution in [1.29, 1.82) is 0 Å². The molecule has 0 aliphatic heterocycles. The van der Waals surface area contributed by atoms with Crippen LogP contribution < -0.4 is 0 Å². The summed E-state index contributed by atoms with van der Waals surface area (Å²) < 4.78 is 37.8. The van der Waals surface area contributed by atoms with E-state index in [1.165, 1.54) is 12.1 Å². The maximum atomic E-state index is 12.6. The predicted octanol–water partition coefficient (Wildman–Crippen LogP) is 5.12. The molecule has 0 aromatic heterocycles. The van der Waals surface area contributed by atoms with Crippen LogP contribution in [0.3, 0.4) is 0 Å². The van der Waals surface area contributed by atoms with E-state index in [0.29, 0.717) is 0 Å². The molecule has 1 aliphatic rings. The Balaban J connectivity index is 2.37. The van der Waals surface area contributed by atoms with Crippen molar-refractivity contribution in [3.63, 3.8) is 0 Å². The van der Waals surface area contributed by atoms with Gasteiger partial charge in [-0.2, -0.15) is 13.2 Å². The molecule has 0 saturated carbocycles. The maximum Gasteiger partial charge on any atom is 0.416 e. The molecule has 1 nitrogen and oxygen atoms in total. The summed E-state index contributed by atoms with van der Waals surface area (Å²) in [6, 6.07) is 5.28. The van der Waals surface area contributed by atoms with Gasteiger partial charge in [0.2, 0.25) is 0 Å². The lowest BCUT2D eigenvalue weighted by Gasteiger charge is -2.36. The van der Waals surface area contributed by atoms with Gasteiger partial charge in [-0.3, -0.25) is 4.79 Å². The molecule has 1 aliphatic carbocycles. The van der Waals surface area contributed by atoms with Gasteiger partial charge in [0.15, 0.2) is 0 Å². The number of hydrogen-bond donors (Lipinski definition) is 0. The summed E-state index contributed by atoms with van der Waals surface area (Å²) in [5.74, 6) is 0.0282. The van der Waals surface area contributed by atoms with Gasteiger partial charge in [0.1, 0.15) is 6.29 Å². The molecule has 0 heterocycles. The summed E-state index contributed by atoms with van der Waals surface area (Å²) in [7, 11) is 0. The van der Waals surface area contributed by atoms with Crippen LogP contribution in [0.1, 0.15) is 50.7 Å². The molecule has 0 N–H and O–H groups in total. The second kappa shape index (κ2) is 5.32. The molecule has 0 bridgehead atoms. The van der Waals surface area contributed by atoms with E-state index in [2.05, 4.69) is 0 Å². The lowest BCUT2D eigenvalue weighted by molar-refractivity contribution is -0.137. The highest BCUT2D eigenvalue weighted by Gasteiger charge is 2.34. The van der Waals surface area contributed by atoms with Gasteiger partial charge in [0.25, 0.3) is 0 Å². The summed E-state index contributed by atoms with van der Waals surface area (Å²) in [6.07, 6.45) is -1.72. The van der Waals surface area contributed by atoms with Crippen molar-refractivity contribution in [3.05, 3.63) is 46.5 Å². The van der Waals surface area contributed by atoms with Gasteiger partial charge >= 0.3 is 6.18 Å². The topological polar surface area (TPSA) is 17.1 Å². The number of hydrogen-bond acceptors (Lipinski definition) is 1. The minimum Gasteiger partial charge on any atom is -0.298 e. The molecule has 1 unspecified atom stereocenters. The Morgan fingerprint density at radius 3 is 2.24 bits per heavy atom. The highest BCUT2D eigenvalue weighted by Crippen LogP contribution is 2.46. The van der Waals surface area contributed by atoms with E-state index in [9.17, 15) is 18.0 Å². The summed E-state index contributed by atoms with van der Waals surface area (Å²) in [5, 5.41) is 0. The fourth-order valence-corrected chi connectivity index (χ4v) is 3.15. The van der Waals surface area contributed by atoms with E-state index in [-0.39, 0.29) is 11.3 Å². The molecule has 4 heteroatoms. The second-order valence-corrected chi connectivity index (χ2v) is 6.31. The summed E-state index contributed by atoms with van der Waals surface area (Å²) in [6.45, 7) is 5.97. The molecular formula is C17H19F3O. The molecular weight excluding hydrogens is 277 g/mol. The molecule has 0 spiro atoms. The number of alkyl halides is 3. The van der Waals surface area contributed by atoms with E-state index < -0.39 is 11.7 Å². The van der Waals surface area contributed by atoms with Crippen molar-refractivity contribution in [2.45, 2.75) is 45.7 Å². The van der Waals surface area contributed by atoms with Crippen LogP contribution in [0.25, 0.3) is 0 Å². The van der Waals surface area contributed by atoms with Crippen LogP contribution in [0, 0.1) is 5.41 Å². The minimum atomic E-state index is -4.31. The highest BCUT2D eigenvalue weighted by atomic mass is 19.4. The highest BCUT2D eigenvalue weighted by molar-refractivity contribution is 5.77. The standard InChI is InChI=1S/C17H19F3O/c1-11-14(8-9-16(2,3)15(11)10-21)12-4-6-13(7-5-12)17(18,19)20/h4-7,10,14H,8-9H2,1-3H3. The first-order chi connectivity index (χ1) is 9.66. The average Bonchev–Trinajstić information content (AvgIpc) is 2.38. The van der Waals surface area contributed by atoms with Gasteiger partial charge in [0, 0.05) is 5.92 Å². The lowest BCUT2D eigenvalue weighted by Crippen LogP contribution is -2.25. The lowest BCUT2D eigenvalue weighted by atomic mass is 9.68. The normalized spacial score (nSPS) is 22.3. The van der Waals surface area contributed by atoms with Gasteiger partial charge in [0.05, 0.1) is 5.56 Å². The van der Waals surface area contributed by atoms with E-state index in [1.54, 1.807) is 0 Å². The average molecular weight is 296 g/mol. The number of allylic oxidation sites excluding steroid dienone is 2. The number of halogens is 3. The molecule has 1 aromatic carbocycles. The first kappa shape index (κ1) is 15.8. The molecule has 0 fully saturated rings. The third-order valence-electron chi connectivity index (χ3n) is 4.49. The predicted molar refractivity (Wildman–Crippen MR) is 76.0 cm³/mol. The van der Waals surface area contributed by atoms with Gasteiger partial charge in [-0.15, -0.1) is 0 Å². The van der Waals surface area contributed by atoms with Gasteiger partial charge in [-0.1, -0.05) is 31.6 Å². The van der Waals surface area contributed by atoms with Crippen LogP contribution in [-0.4, -0.2) is 6.29 Å². The zero-order valence-electron chi connectivity index (χ0n) is 12.4. The second-order valence-electron chi connectivity index (χ2n) is 6.31. The van der Waals surface area contributed by atoms with E-state index >= 15 is 0 Å². The molecule has 114 valence electrons. The van der Waals surface area contributed by atoms with Crippen LogP contribution in [0.5, 0.6) is 0 Å². The molecule has 21 heavy (non-hydrogen) atoms. The van der Waals surface area contributed by atoms with Crippen LogP contribution in [0.4, 0.5) is 13.2 Å². The SMILES string of the molecule is CC1=C(C=O)C(C)(C)CCC1c1ccc(C(F)(F)F)cc1. The fourth-order valence-electron chi connectivity index (χ4n) is 3.15. The Kier molecular flexibility index (Phi) is 4.00. The minimum absolute atomic E-state index is 0.0282. The van der Waals surface area contributed by atoms with Gasteiger partial charge < -0.3 is 0 Å². The molecule has 1 aromatic rings. The molecule has 2 rings (SSSR count). The van der Waals surface area contributed by atoms with Crippen LogP contribution in [0.15, 0.2) is 35.4 Å². The van der Waals surface area contributed by atoms with Crippen molar-refractivity contribution < 1.29 is 18.0 Å². The number of carbonyl (C=O) groups is 1. The summed E-state index contributed by atoms with van der Waals surface area (Å²) in [4.78, 5) is 11.3. The first-order valence-electron chi connectivity index (χ1n) is 7.00. The zero-order valence-corrected chi connectivity index (χ0v) is 12.4. The number of aldehydes is 1. The molecule has 0 amide bonds. The Morgan fingerprint density at radius 2 is 1.76 bits per heavy atom. The largest absolute Gasteiger partial charge is 0.416 e. The quantitative estimate of drug-likeness (QED) is 0.692. The Labute approximate surface area is 122 Å². The smallest absolute Gasteiger partial charge is 0.298 e. The van der Waals surface area contributed by atoms with Gasteiger partial charge in [-0.05, 0) is 48.4 Å². The van der Waals surface area contributed by atoms with E-state index in [4.69, 9.17) is 0 Å². The number of benzene rings is 1. The van der Waals surface area contributed by atoms with Gasteiger partial charge in [-0.25, -0.2) is 0 Å². The van der Waals surface area contributed by atoms with Crippen molar-refractivity contribution in [1.82, 2.24) is 0 Å². The van der Waals surface area contributed by atoms with E-state index in [1.807, 2.05) is 20.8 Å². The Hall–Kier alpha value is -1.58. The third kappa shape index (κ3) is 3.04. The van der Waals surface area contributed by atoms with Crippen molar-refractivity contribution in [3.8, 4) is 0 Å². The Morgan fingerprint density at radius 1 is 1.19 bits per heavy atom. The Bertz CT molecular complexity index is 565. The van der Waals surface area contributed by atoms with Crippen LogP contribution in [-0.2, 0) is 11.0 Å². The van der Waals surface area contributed by atoms with E-state index in [0.717, 1.165) is 48.0 Å². The van der Waals surface area contributed by atoms with Crippen LogP contribution in [0.2, 0.25) is 0 Å². The number of rotatable bonds is 2. The molecule has 0 saturated heterocycles. The van der Waals surface area contributed by atoms with Crippen molar-refractivity contribution in [2.24, 2.45) is 5.41 Å². The monoisotopic (exact) mass is 296 g/mol. The third-order valence-corrected chi connectivity index (χ3v) is 4.49. The first-order valence-corrected chi connectivity index (χ1v) is 7.00. The summed E-state index contributed by atoms with van der Waals surface area (Å²) in [5.41, 5.74) is 1.79. The summed E-state index contributed by atoms with van der Waals surface area (Å²) >= 11 is 0. The van der Waals surface area contributed by atoms with Crippen LogP contribution >= 0.6 is 0 Å². The zero-order chi connectivity index (χ0) is 15.8.